The van der Waals surface area contributed by atoms with Crippen LogP contribution in [0, 0.1) is 6.92 Å². The third kappa shape index (κ3) is 4.50. The zero-order valence-corrected chi connectivity index (χ0v) is 13.7. The van der Waals surface area contributed by atoms with Crippen molar-refractivity contribution in [2.24, 2.45) is 0 Å². The van der Waals surface area contributed by atoms with Gasteiger partial charge in [0.05, 0.1) is 5.75 Å². The Labute approximate surface area is 130 Å². The van der Waals surface area contributed by atoms with Gasteiger partial charge in [-0.15, -0.1) is 22.0 Å². The molecule has 2 rings (SSSR count). The standard InChI is InChI=1S/C13H15N3OS3/c1-3-18-13-16-15-12(20-13)14-11(17)8-19-10-7-5-4-6-9(10)2/h4-7H,3,8H2,1-2H3,(H,14,15,17). The van der Waals surface area contributed by atoms with Gasteiger partial charge in [0, 0.05) is 4.90 Å². The van der Waals surface area contributed by atoms with Crippen molar-refractivity contribution in [1.82, 2.24) is 10.2 Å². The topological polar surface area (TPSA) is 54.9 Å². The van der Waals surface area contributed by atoms with Crippen molar-refractivity contribution >= 4 is 45.9 Å². The molecule has 0 aliphatic heterocycles. The summed E-state index contributed by atoms with van der Waals surface area (Å²) >= 11 is 4.56. The van der Waals surface area contributed by atoms with Crippen LogP contribution in [0.5, 0.6) is 0 Å². The van der Waals surface area contributed by atoms with Crippen molar-refractivity contribution in [3.8, 4) is 0 Å². The number of thioether (sulfide) groups is 2. The van der Waals surface area contributed by atoms with E-state index in [1.165, 1.54) is 28.7 Å². The van der Waals surface area contributed by atoms with Gasteiger partial charge in [0.1, 0.15) is 0 Å². The van der Waals surface area contributed by atoms with Gasteiger partial charge in [0.15, 0.2) is 4.34 Å². The van der Waals surface area contributed by atoms with Gasteiger partial charge in [0.2, 0.25) is 11.0 Å². The molecule has 0 spiro atoms. The quantitative estimate of drug-likeness (QED) is 0.648. The summed E-state index contributed by atoms with van der Waals surface area (Å²) in [6.07, 6.45) is 0. The molecule has 2 aromatic rings. The minimum Gasteiger partial charge on any atom is -0.300 e. The van der Waals surface area contributed by atoms with Crippen LogP contribution in [-0.4, -0.2) is 27.6 Å². The van der Waals surface area contributed by atoms with Crippen LogP contribution in [0.25, 0.3) is 0 Å². The molecule has 20 heavy (non-hydrogen) atoms. The summed E-state index contributed by atoms with van der Waals surface area (Å²) in [7, 11) is 0. The Morgan fingerprint density at radius 1 is 1.30 bits per heavy atom. The van der Waals surface area contributed by atoms with Gasteiger partial charge in [-0.1, -0.05) is 48.2 Å². The highest BCUT2D eigenvalue weighted by molar-refractivity contribution is 8.01. The molecule has 0 unspecified atom stereocenters. The molecule has 0 bridgehead atoms. The van der Waals surface area contributed by atoms with E-state index in [-0.39, 0.29) is 5.91 Å². The predicted molar refractivity (Wildman–Crippen MR) is 86.8 cm³/mol. The van der Waals surface area contributed by atoms with E-state index < -0.39 is 0 Å². The number of nitrogens with zero attached hydrogens (tertiary/aromatic N) is 2. The molecular formula is C13H15N3OS3. The first-order chi connectivity index (χ1) is 9.69. The van der Waals surface area contributed by atoms with Crippen molar-refractivity contribution in [3.05, 3.63) is 29.8 Å². The van der Waals surface area contributed by atoms with E-state index in [9.17, 15) is 4.79 Å². The maximum absolute atomic E-state index is 11.9. The number of aryl methyl sites for hydroxylation is 1. The normalized spacial score (nSPS) is 10.5. The van der Waals surface area contributed by atoms with Gasteiger partial charge >= 0.3 is 0 Å². The summed E-state index contributed by atoms with van der Waals surface area (Å²) in [5, 5.41) is 11.3. The van der Waals surface area contributed by atoms with Crippen LogP contribution in [0.3, 0.4) is 0 Å². The average molecular weight is 325 g/mol. The van der Waals surface area contributed by atoms with Gasteiger partial charge in [-0.05, 0) is 24.3 Å². The first-order valence-corrected chi connectivity index (χ1v) is 8.92. The Kier molecular flexibility index (Phi) is 5.87. The van der Waals surface area contributed by atoms with Crippen LogP contribution in [0.1, 0.15) is 12.5 Å². The molecule has 1 heterocycles. The third-order valence-electron chi connectivity index (χ3n) is 2.37. The van der Waals surface area contributed by atoms with Crippen molar-refractivity contribution in [2.45, 2.75) is 23.1 Å². The summed E-state index contributed by atoms with van der Waals surface area (Å²) < 4.78 is 0.884. The minimum absolute atomic E-state index is 0.0533. The van der Waals surface area contributed by atoms with E-state index in [1.54, 1.807) is 11.8 Å². The number of amides is 1. The van der Waals surface area contributed by atoms with E-state index in [1.807, 2.05) is 31.2 Å². The summed E-state index contributed by atoms with van der Waals surface area (Å²) in [6, 6.07) is 8.04. The predicted octanol–water partition coefficient (Wildman–Crippen LogP) is 3.69. The zero-order chi connectivity index (χ0) is 14.4. The smallest absolute Gasteiger partial charge is 0.236 e. The van der Waals surface area contributed by atoms with Gasteiger partial charge in [-0.25, -0.2) is 0 Å². The SMILES string of the molecule is CCSc1nnc(NC(=O)CSc2ccccc2C)s1. The summed E-state index contributed by atoms with van der Waals surface area (Å²) in [4.78, 5) is 13.0. The zero-order valence-electron chi connectivity index (χ0n) is 11.3. The molecule has 0 fully saturated rings. The Morgan fingerprint density at radius 3 is 2.85 bits per heavy atom. The Bertz CT molecular complexity index is 586. The average Bonchev–Trinajstić information content (AvgIpc) is 2.85. The van der Waals surface area contributed by atoms with Crippen molar-refractivity contribution < 1.29 is 4.79 Å². The number of anilines is 1. The molecule has 0 saturated heterocycles. The highest BCUT2D eigenvalue weighted by Gasteiger charge is 2.09. The van der Waals surface area contributed by atoms with Crippen LogP contribution >= 0.6 is 34.9 Å². The van der Waals surface area contributed by atoms with Crippen LogP contribution in [0.2, 0.25) is 0 Å². The Hall–Kier alpha value is -1.05. The molecule has 1 aromatic carbocycles. The van der Waals surface area contributed by atoms with Crippen LogP contribution < -0.4 is 5.32 Å². The molecule has 106 valence electrons. The van der Waals surface area contributed by atoms with Crippen LogP contribution in [0.15, 0.2) is 33.5 Å². The third-order valence-corrected chi connectivity index (χ3v) is 5.40. The number of hydrogen-bond donors (Lipinski definition) is 1. The van der Waals surface area contributed by atoms with Gasteiger partial charge in [-0.2, -0.15) is 0 Å². The molecule has 0 atom stereocenters. The molecule has 0 aliphatic carbocycles. The summed E-state index contributed by atoms with van der Waals surface area (Å²) in [5.74, 6) is 1.27. The van der Waals surface area contributed by atoms with Gasteiger partial charge in [0.25, 0.3) is 0 Å². The number of carbonyl (C=O) groups excluding carboxylic acids is 1. The highest BCUT2D eigenvalue weighted by atomic mass is 32.2. The molecule has 0 radical (unpaired) electrons. The molecule has 7 heteroatoms. The fourth-order valence-electron chi connectivity index (χ4n) is 1.46. The van der Waals surface area contributed by atoms with Gasteiger partial charge in [-0.3, -0.25) is 10.1 Å². The fourth-order valence-corrected chi connectivity index (χ4v) is 3.95. The molecule has 1 N–H and O–H groups in total. The lowest BCUT2D eigenvalue weighted by Crippen LogP contribution is -2.13. The van der Waals surface area contributed by atoms with E-state index in [0.29, 0.717) is 10.9 Å². The maximum atomic E-state index is 11.9. The van der Waals surface area contributed by atoms with Crippen molar-refractivity contribution in [2.75, 3.05) is 16.8 Å². The molecule has 4 nitrogen and oxygen atoms in total. The summed E-state index contributed by atoms with van der Waals surface area (Å²) in [6.45, 7) is 4.10. The monoisotopic (exact) mass is 325 g/mol. The second kappa shape index (κ2) is 7.66. The minimum atomic E-state index is -0.0533. The molecule has 0 aliphatic rings. The second-order valence-corrected chi connectivity index (χ2v) is 7.41. The summed E-state index contributed by atoms with van der Waals surface area (Å²) in [5.41, 5.74) is 1.18. The molecular weight excluding hydrogens is 310 g/mol. The second-order valence-electron chi connectivity index (χ2n) is 3.91. The van der Waals surface area contributed by atoms with Crippen LogP contribution in [0.4, 0.5) is 5.13 Å². The molecule has 0 saturated carbocycles. The van der Waals surface area contributed by atoms with Crippen LogP contribution in [-0.2, 0) is 4.79 Å². The van der Waals surface area contributed by atoms with E-state index in [2.05, 4.69) is 22.4 Å². The maximum Gasteiger partial charge on any atom is 0.236 e. The number of hydrogen-bond acceptors (Lipinski definition) is 6. The Balaban J connectivity index is 1.84. The van der Waals surface area contributed by atoms with Crippen molar-refractivity contribution in [1.29, 1.82) is 0 Å². The van der Waals surface area contributed by atoms with E-state index >= 15 is 0 Å². The van der Waals surface area contributed by atoms with E-state index in [0.717, 1.165) is 15.0 Å². The van der Waals surface area contributed by atoms with Gasteiger partial charge < -0.3 is 0 Å². The fraction of sp³-hybridized carbons (Fsp3) is 0.308. The highest BCUT2D eigenvalue weighted by Crippen LogP contribution is 2.26. The lowest BCUT2D eigenvalue weighted by atomic mass is 10.2. The first-order valence-electron chi connectivity index (χ1n) is 6.13. The number of rotatable bonds is 6. The molecule has 1 amide bonds. The number of nitrogens with one attached hydrogen (secondary N) is 1. The lowest BCUT2D eigenvalue weighted by Gasteiger charge is -2.04. The largest absolute Gasteiger partial charge is 0.300 e. The number of aromatic nitrogens is 2. The number of carbonyl (C=O) groups is 1. The van der Waals surface area contributed by atoms with Crippen molar-refractivity contribution in [3.63, 3.8) is 0 Å². The first kappa shape index (κ1) is 15.3. The molecule has 1 aromatic heterocycles. The number of benzene rings is 1. The van der Waals surface area contributed by atoms with E-state index in [4.69, 9.17) is 0 Å². The lowest BCUT2D eigenvalue weighted by molar-refractivity contribution is -0.113. The Morgan fingerprint density at radius 2 is 2.10 bits per heavy atom.